The monoisotopic (exact) mass is 159 g/mol. The van der Waals surface area contributed by atoms with E-state index >= 15 is 0 Å². The molecule has 0 unspecified atom stereocenters. The second-order valence-electron chi connectivity index (χ2n) is 3.00. The Balaban J connectivity index is 2.43. The quantitative estimate of drug-likeness (QED) is 0.591. The maximum Gasteiger partial charge on any atom is 0.0380 e. The van der Waals surface area contributed by atoms with Crippen molar-refractivity contribution in [2.75, 3.05) is 0 Å². The van der Waals surface area contributed by atoms with Gasteiger partial charge in [-0.05, 0) is 11.1 Å². The molecular formula is C10H11N2. The van der Waals surface area contributed by atoms with Crippen LogP contribution in [0.15, 0.2) is 35.7 Å². The molecule has 0 spiro atoms. The smallest absolute Gasteiger partial charge is 0.0380 e. The molecule has 0 aliphatic heterocycles. The van der Waals surface area contributed by atoms with Gasteiger partial charge in [0.15, 0.2) is 0 Å². The molecule has 1 aromatic carbocycles. The van der Waals surface area contributed by atoms with Crippen molar-refractivity contribution in [3.63, 3.8) is 0 Å². The third kappa shape index (κ3) is 1.05. The van der Waals surface area contributed by atoms with E-state index in [1.165, 1.54) is 11.1 Å². The summed E-state index contributed by atoms with van der Waals surface area (Å²) < 4.78 is 0. The van der Waals surface area contributed by atoms with Crippen molar-refractivity contribution in [2.45, 2.75) is 6.42 Å². The molecule has 0 fully saturated rings. The van der Waals surface area contributed by atoms with Gasteiger partial charge in [0.2, 0.25) is 0 Å². The summed E-state index contributed by atoms with van der Waals surface area (Å²) in [4.78, 5) is 0. The summed E-state index contributed by atoms with van der Waals surface area (Å²) in [6.07, 6.45) is 2.70. The highest BCUT2D eigenvalue weighted by atomic mass is 14.7. The number of allylic oxidation sites excluding steroid dienone is 2. The standard InChI is InChI=1S/C10H11N2/c11-9-5-7-3-1-2-4-8(7)6-10(9)12/h1-5H,6,11-12H2. The zero-order valence-corrected chi connectivity index (χ0v) is 6.75. The average Bonchev–Trinajstić information content (AvgIpc) is 2.07. The number of rotatable bonds is 0. The number of hydrogen-bond donors (Lipinski definition) is 2. The zero-order valence-electron chi connectivity index (χ0n) is 6.75. The van der Waals surface area contributed by atoms with Gasteiger partial charge in [0.1, 0.15) is 0 Å². The Labute approximate surface area is 71.9 Å². The van der Waals surface area contributed by atoms with E-state index in [4.69, 9.17) is 11.5 Å². The van der Waals surface area contributed by atoms with E-state index in [0.29, 0.717) is 5.70 Å². The minimum atomic E-state index is 0.703. The zero-order chi connectivity index (χ0) is 8.55. The van der Waals surface area contributed by atoms with Crippen LogP contribution >= 0.6 is 0 Å². The summed E-state index contributed by atoms with van der Waals surface area (Å²) in [5.41, 5.74) is 15.3. The van der Waals surface area contributed by atoms with Gasteiger partial charge in [0.05, 0.1) is 0 Å². The Morgan fingerprint density at radius 3 is 2.67 bits per heavy atom. The van der Waals surface area contributed by atoms with Crippen molar-refractivity contribution in [3.8, 4) is 0 Å². The Bertz CT molecular complexity index is 306. The fourth-order valence-electron chi connectivity index (χ4n) is 1.40. The van der Waals surface area contributed by atoms with Gasteiger partial charge in [-0.2, -0.15) is 0 Å². The van der Waals surface area contributed by atoms with Crippen LogP contribution in [0.4, 0.5) is 0 Å². The summed E-state index contributed by atoms with van der Waals surface area (Å²) in [7, 11) is 0. The molecule has 1 aliphatic rings. The lowest BCUT2D eigenvalue weighted by Gasteiger charge is -2.17. The van der Waals surface area contributed by atoms with Crippen LogP contribution in [0.3, 0.4) is 0 Å². The first kappa shape index (κ1) is 7.22. The highest BCUT2D eigenvalue weighted by molar-refractivity contribution is 5.46. The molecule has 4 N–H and O–H groups in total. The second-order valence-corrected chi connectivity index (χ2v) is 3.00. The highest BCUT2D eigenvalue weighted by Gasteiger charge is 2.12. The van der Waals surface area contributed by atoms with Crippen molar-refractivity contribution in [1.82, 2.24) is 0 Å². The first-order chi connectivity index (χ1) is 5.77. The minimum Gasteiger partial charge on any atom is -0.400 e. The lowest BCUT2D eigenvalue weighted by Crippen LogP contribution is -2.18. The van der Waals surface area contributed by atoms with E-state index in [0.717, 1.165) is 12.1 Å². The molecule has 2 nitrogen and oxygen atoms in total. The normalized spacial score (nSPS) is 16.0. The van der Waals surface area contributed by atoms with Gasteiger partial charge >= 0.3 is 0 Å². The van der Waals surface area contributed by atoms with E-state index in [9.17, 15) is 0 Å². The number of nitrogens with two attached hydrogens (primary N) is 2. The van der Waals surface area contributed by atoms with Gasteiger partial charge < -0.3 is 11.5 Å². The SMILES string of the molecule is NC1=C(N)Cc2ccccc2[CH]1. The maximum absolute atomic E-state index is 5.72. The van der Waals surface area contributed by atoms with Crippen LogP contribution in [-0.2, 0) is 6.42 Å². The van der Waals surface area contributed by atoms with E-state index in [1.54, 1.807) is 0 Å². The van der Waals surface area contributed by atoms with Gasteiger partial charge in [0.25, 0.3) is 0 Å². The minimum absolute atomic E-state index is 0.703. The first-order valence-electron chi connectivity index (χ1n) is 3.94. The summed E-state index contributed by atoms with van der Waals surface area (Å²) in [6, 6.07) is 8.14. The fraction of sp³-hybridized carbons (Fsp3) is 0.100. The van der Waals surface area contributed by atoms with Crippen LogP contribution < -0.4 is 11.5 Å². The van der Waals surface area contributed by atoms with Gasteiger partial charge in [0, 0.05) is 24.2 Å². The van der Waals surface area contributed by atoms with Crippen molar-refractivity contribution in [3.05, 3.63) is 53.2 Å². The molecule has 2 rings (SSSR count). The van der Waals surface area contributed by atoms with Crippen LogP contribution in [-0.4, -0.2) is 0 Å². The van der Waals surface area contributed by atoms with E-state index in [1.807, 2.05) is 18.6 Å². The Hall–Kier alpha value is -1.44. The average molecular weight is 159 g/mol. The van der Waals surface area contributed by atoms with Gasteiger partial charge in [-0.25, -0.2) is 0 Å². The molecule has 1 aliphatic carbocycles. The summed E-state index contributed by atoms with van der Waals surface area (Å²) >= 11 is 0. The van der Waals surface area contributed by atoms with Crippen molar-refractivity contribution >= 4 is 0 Å². The molecular weight excluding hydrogens is 148 g/mol. The Morgan fingerprint density at radius 2 is 1.83 bits per heavy atom. The van der Waals surface area contributed by atoms with E-state index < -0.39 is 0 Å². The number of fused-ring (bicyclic) bond motifs is 1. The van der Waals surface area contributed by atoms with E-state index in [-0.39, 0.29) is 0 Å². The number of hydrogen-bond acceptors (Lipinski definition) is 2. The van der Waals surface area contributed by atoms with Crippen LogP contribution in [0.1, 0.15) is 11.1 Å². The molecule has 1 aromatic rings. The maximum atomic E-state index is 5.72. The Kier molecular flexibility index (Phi) is 1.54. The molecule has 61 valence electrons. The number of benzene rings is 1. The van der Waals surface area contributed by atoms with E-state index in [2.05, 4.69) is 12.1 Å². The van der Waals surface area contributed by atoms with Crippen molar-refractivity contribution in [2.24, 2.45) is 11.5 Å². The Morgan fingerprint density at radius 1 is 1.08 bits per heavy atom. The molecule has 0 saturated carbocycles. The highest BCUT2D eigenvalue weighted by Crippen LogP contribution is 2.22. The summed E-state index contributed by atoms with van der Waals surface area (Å²) in [5.74, 6) is 0. The lowest BCUT2D eigenvalue weighted by atomic mass is 9.93. The fourth-order valence-corrected chi connectivity index (χ4v) is 1.40. The third-order valence-corrected chi connectivity index (χ3v) is 2.12. The van der Waals surface area contributed by atoms with Gasteiger partial charge in [-0.3, -0.25) is 0 Å². The predicted molar refractivity (Wildman–Crippen MR) is 48.9 cm³/mol. The van der Waals surface area contributed by atoms with Gasteiger partial charge in [-0.1, -0.05) is 24.3 Å². The van der Waals surface area contributed by atoms with Crippen molar-refractivity contribution < 1.29 is 0 Å². The van der Waals surface area contributed by atoms with Crippen molar-refractivity contribution in [1.29, 1.82) is 0 Å². The molecule has 0 saturated heterocycles. The molecule has 1 radical (unpaired) electrons. The topological polar surface area (TPSA) is 52.0 Å². The summed E-state index contributed by atoms with van der Waals surface area (Å²) in [5, 5.41) is 0. The molecule has 0 atom stereocenters. The van der Waals surface area contributed by atoms with Crippen LogP contribution in [0.25, 0.3) is 0 Å². The molecule has 0 heterocycles. The third-order valence-electron chi connectivity index (χ3n) is 2.12. The molecule has 0 amide bonds. The van der Waals surface area contributed by atoms with Gasteiger partial charge in [-0.15, -0.1) is 0 Å². The largest absolute Gasteiger partial charge is 0.400 e. The van der Waals surface area contributed by atoms with Crippen LogP contribution in [0, 0.1) is 6.42 Å². The second kappa shape index (κ2) is 2.55. The predicted octanol–water partition coefficient (Wildman–Crippen LogP) is 0.924. The first-order valence-corrected chi connectivity index (χ1v) is 3.94. The lowest BCUT2D eigenvalue weighted by molar-refractivity contribution is 1.00. The van der Waals surface area contributed by atoms with Crippen LogP contribution in [0.2, 0.25) is 0 Å². The molecule has 12 heavy (non-hydrogen) atoms. The van der Waals surface area contributed by atoms with Crippen LogP contribution in [0.5, 0.6) is 0 Å². The molecule has 2 heteroatoms. The molecule has 0 aromatic heterocycles. The summed E-state index contributed by atoms with van der Waals surface area (Å²) in [6.45, 7) is 0. The molecule has 0 bridgehead atoms.